The van der Waals surface area contributed by atoms with Crippen molar-refractivity contribution in [2.45, 2.75) is 43.7 Å². The summed E-state index contributed by atoms with van der Waals surface area (Å²) in [4.78, 5) is 12.5. The number of rotatable bonds is 6. The number of amides is 1. The Hall–Kier alpha value is -2.19. The molecule has 0 saturated heterocycles. The van der Waals surface area contributed by atoms with Gasteiger partial charge < -0.3 is 5.32 Å². The molecule has 7 nitrogen and oxygen atoms in total. The number of anilines is 1. The molecular weight excluding hydrogens is 328 g/mol. The van der Waals surface area contributed by atoms with Crippen molar-refractivity contribution in [1.29, 1.82) is 0 Å². The molecule has 1 amide bonds. The van der Waals surface area contributed by atoms with Gasteiger partial charge in [0.15, 0.2) is 0 Å². The molecule has 1 aromatic carbocycles. The number of benzene rings is 1. The van der Waals surface area contributed by atoms with E-state index in [0.29, 0.717) is 5.82 Å². The normalized spacial score (nSPS) is 14.8. The van der Waals surface area contributed by atoms with Crippen LogP contribution in [-0.4, -0.2) is 30.1 Å². The number of hydrogen-bond acceptors (Lipinski definition) is 4. The van der Waals surface area contributed by atoms with E-state index >= 15 is 0 Å². The molecule has 0 radical (unpaired) electrons. The monoisotopic (exact) mass is 348 g/mol. The minimum absolute atomic E-state index is 0.0212. The standard InChI is InChI=1S/C16H20N4O3S/c1-11(2)20-15(8-9-17-20)18-16(21)12-4-3-5-14(10-12)24(22,23)19-13-6-7-13/h3-5,8-11,13,19H,6-7H2,1-2H3,(H,18,21). The van der Waals surface area contributed by atoms with E-state index in [0.717, 1.165) is 12.8 Å². The average molecular weight is 348 g/mol. The zero-order valence-electron chi connectivity index (χ0n) is 13.6. The van der Waals surface area contributed by atoms with E-state index in [2.05, 4.69) is 15.1 Å². The van der Waals surface area contributed by atoms with Crippen molar-refractivity contribution in [3.8, 4) is 0 Å². The first-order valence-corrected chi connectivity index (χ1v) is 9.32. The molecule has 2 aromatic rings. The summed E-state index contributed by atoms with van der Waals surface area (Å²) in [5.74, 6) is 0.195. The van der Waals surface area contributed by atoms with Crippen LogP contribution in [0.2, 0.25) is 0 Å². The Morgan fingerprint density at radius 2 is 2.04 bits per heavy atom. The van der Waals surface area contributed by atoms with Gasteiger partial charge in [-0.3, -0.25) is 4.79 Å². The van der Waals surface area contributed by atoms with Gasteiger partial charge in [-0.05, 0) is 44.9 Å². The lowest BCUT2D eigenvalue weighted by molar-refractivity contribution is 0.102. The van der Waals surface area contributed by atoms with Gasteiger partial charge in [-0.2, -0.15) is 5.10 Å². The number of carbonyl (C=O) groups is 1. The van der Waals surface area contributed by atoms with Crippen LogP contribution < -0.4 is 10.0 Å². The molecule has 2 N–H and O–H groups in total. The number of nitrogens with zero attached hydrogens (tertiary/aromatic N) is 2. The van der Waals surface area contributed by atoms with Crippen LogP contribution in [0.3, 0.4) is 0 Å². The molecule has 1 saturated carbocycles. The van der Waals surface area contributed by atoms with Gasteiger partial charge in [-0.25, -0.2) is 17.8 Å². The molecule has 128 valence electrons. The predicted molar refractivity (Wildman–Crippen MR) is 90.4 cm³/mol. The van der Waals surface area contributed by atoms with Gasteiger partial charge >= 0.3 is 0 Å². The summed E-state index contributed by atoms with van der Waals surface area (Å²) >= 11 is 0. The highest BCUT2D eigenvalue weighted by atomic mass is 32.2. The maximum Gasteiger partial charge on any atom is 0.256 e. The molecule has 0 unspecified atom stereocenters. The smallest absolute Gasteiger partial charge is 0.256 e. The Morgan fingerprint density at radius 1 is 1.29 bits per heavy atom. The molecule has 1 heterocycles. The molecule has 1 aromatic heterocycles. The van der Waals surface area contributed by atoms with Crippen LogP contribution >= 0.6 is 0 Å². The topological polar surface area (TPSA) is 93.1 Å². The molecule has 8 heteroatoms. The van der Waals surface area contributed by atoms with Gasteiger partial charge in [-0.1, -0.05) is 6.07 Å². The van der Waals surface area contributed by atoms with Crippen molar-refractivity contribution >= 4 is 21.7 Å². The van der Waals surface area contributed by atoms with E-state index in [1.165, 1.54) is 12.1 Å². The molecule has 0 aliphatic heterocycles. The van der Waals surface area contributed by atoms with Crippen LogP contribution in [0.15, 0.2) is 41.4 Å². The number of aromatic nitrogens is 2. The summed E-state index contributed by atoms with van der Waals surface area (Å²) in [7, 11) is -3.58. The van der Waals surface area contributed by atoms with E-state index in [1.807, 2.05) is 13.8 Å². The number of hydrogen-bond donors (Lipinski definition) is 2. The molecule has 3 rings (SSSR count). The molecule has 0 bridgehead atoms. The van der Waals surface area contributed by atoms with Crippen molar-refractivity contribution in [3.05, 3.63) is 42.1 Å². The summed E-state index contributed by atoms with van der Waals surface area (Å²) in [5, 5.41) is 6.92. The molecule has 1 fully saturated rings. The van der Waals surface area contributed by atoms with Gasteiger partial charge in [0.05, 0.1) is 11.1 Å². The highest BCUT2D eigenvalue weighted by Gasteiger charge is 2.28. The lowest BCUT2D eigenvalue weighted by Crippen LogP contribution is -2.26. The molecular formula is C16H20N4O3S. The molecule has 1 aliphatic rings. The van der Waals surface area contributed by atoms with Crippen molar-refractivity contribution in [2.24, 2.45) is 0 Å². The van der Waals surface area contributed by atoms with Crippen LogP contribution in [0.25, 0.3) is 0 Å². The molecule has 0 spiro atoms. The third-order valence-electron chi connectivity index (χ3n) is 3.71. The summed E-state index contributed by atoms with van der Waals surface area (Å²) < 4.78 is 28.8. The fourth-order valence-corrected chi connectivity index (χ4v) is 3.66. The number of sulfonamides is 1. The summed E-state index contributed by atoms with van der Waals surface area (Å²) in [6, 6.07) is 7.85. The zero-order chi connectivity index (χ0) is 17.3. The Bertz CT molecular complexity index is 854. The molecule has 0 atom stereocenters. The van der Waals surface area contributed by atoms with Crippen molar-refractivity contribution in [1.82, 2.24) is 14.5 Å². The Balaban J connectivity index is 1.80. The van der Waals surface area contributed by atoms with Gasteiger partial charge in [0, 0.05) is 23.7 Å². The van der Waals surface area contributed by atoms with Gasteiger partial charge in [0.25, 0.3) is 5.91 Å². The van der Waals surface area contributed by atoms with Crippen molar-refractivity contribution < 1.29 is 13.2 Å². The Labute approximate surface area is 141 Å². The maximum absolute atomic E-state index is 12.4. The van der Waals surface area contributed by atoms with E-state index < -0.39 is 10.0 Å². The van der Waals surface area contributed by atoms with Gasteiger partial charge in [0.1, 0.15) is 5.82 Å². The van der Waals surface area contributed by atoms with Crippen LogP contribution in [0.5, 0.6) is 0 Å². The van der Waals surface area contributed by atoms with Crippen LogP contribution in [0.1, 0.15) is 43.1 Å². The van der Waals surface area contributed by atoms with E-state index in [9.17, 15) is 13.2 Å². The second-order valence-corrected chi connectivity index (χ2v) is 7.85. The Kier molecular flexibility index (Phi) is 4.42. The maximum atomic E-state index is 12.4. The Morgan fingerprint density at radius 3 is 2.71 bits per heavy atom. The largest absolute Gasteiger partial charge is 0.307 e. The average Bonchev–Trinajstić information content (AvgIpc) is 3.21. The van der Waals surface area contributed by atoms with Crippen LogP contribution in [0, 0.1) is 0 Å². The second-order valence-electron chi connectivity index (χ2n) is 6.13. The second kappa shape index (κ2) is 6.37. The minimum atomic E-state index is -3.58. The van der Waals surface area contributed by atoms with E-state index in [-0.39, 0.29) is 28.4 Å². The third kappa shape index (κ3) is 3.65. The lowest BCUT2D eigenvalue weighted by Gasteiger charge is -2.12. The summed E-state index contributed by atoms with van der Waals surface area (Å²) in [5.41, 5.74) is 0.283. The SMILES string of the molecule is CC(C)n1nccc1NC(=O)c1cccc(S(=O)(=O)NC2CC2)c1. The predicted octanol–water partition coefficient (Wildman–Crippen LogP) is 2.16. The third-order valence-corrected chi connectivity index (χ3v) is 5.22. The number of nitrogens with one attached hydrogen (secondary N) is 2. The molecule has 24 heavy (non-hydrogen) atoms. The fourth-order valence-electron chi connectivity index (χ4n) is 2.31. The molecule has 1 aliphatic carbocycles. The van der Waals surface area contributed by atoms with E-state index in [1.54, 1.807) is 29.1 Å². The van der Waals surface area contributed by atoms with E-state index in [4.69, 9.17) is 0 Å². The van der Waals surface area contributed by atoms with Crippen LogP contribution in [-0.2, 0) is 10.0 Å². The van der Waals surface area contributed by atoms with Gasteiger partial charge in [0.2, 0.25) is 10.0 Å². The van der Waals surface area contributed by atoms with Crippen molar-refractivity contribution in [3.63, 3.8) is 0 Å². The van der Waals surface area contributed by atoms with Gasteiger partial charge in [-0.15, -0.1) is 0 Å². The highest BCUT2D eigenvalue weighted by Crippen LogP contribution is 2.23. The highest BCUT2D eigenvalue weighted by molar-refractivity contribution is 7.89. The summed E-state index contributed by atoms with van der Waals surface area (Å²) in [6.45, 7) is 3.92. The first-order chi connectivity index (χ1) is 11.4. The number of carbonyl (C=O) groups excluding carboxylic acids is 1. The fraction of sp³-hybridized carbons (Fsp3) is 0.375. The lowest BCUT2D eigenvalue weighted by atomic mass is 10.2. The zero-order valence-corrected chi connectivity index (χ0v) is 14.4. The van der Waals surface area contributed by atoms with Crippen LogP contribution in [0.4, 0.5) is 5.82 Å². The minimum Gasteiger partial charge on any atom is -0.307 e. The first-order valence-electron chi connectivity index (χ1n) is 7.84. The first kappa shape index (κ1) is 16.7. The van der Waals surface area contributed by atoms with Crippen molar-refractivity contribution in [2.75, 3.05) is 5.32 Å². The quantitative estimate of drug-likeness (QED) is 0.836. The summed E-state index contributed by atoms with van der Waals surface area (Å²) in [6.07, 6.45) is 3.33.